The molecule has 0 saturated carbocycles. The van der Waals surface area contributed by atoms with E-state index in [1.165, 1.54) is 23.9 Å². The average Bonchev–Trinajstić information content (AvgIpc) is 1.64. The molecule has 1 fully saturated rings. The highest BCUT2D eigenvalue weighted by Crippen LogP contribution is 2.48. The van der Waals surface area contributed by atoms with Crippen LogP contribution in [-0.2, 0) is 72.6 Å². The van der Waals surface area contributed by atoms with Gasteiger partial charge in [-0.05, 0) is 123 Å². The van der Waals surface area contributed by atoms with Gasteiger partial charge in [-0.3, -0.25) is 42.5 Å². The predicted molar refractivity (Wildman–Crippen MR) is 328 cm³/mol. The van der Waals surface area contributed by atoms with Crippen molar-refractivity contribution >= 4 is 88.8 Å². The first-order chi connectivity index (χ1) is 40.7. The smallest absolute Gasteiger partial charge is 0.306 e. The first-order valence-electron chi connectivity index (χ1n) is 29.3. The topological polar surface area (TPSA) is 311 Å². The standard InChI is InChI=1S/C61H79N5O16S4/c1-42(60(71)72)13-6-7-31-62-56(68)30-36-83-53-41-57(69)66(59(53)70)35-29-55(67)63-32-28-43-18-23-48(24-19-43)82-58-44(20-22-47-39-46-40-49(86(79,80)81)25-26-51(46)64(47)33-8-10-37-84(73,74)75)14-12-15-45(58)21-27-54-61(2,3)50-16-4-5-17-52(50)65(54)34-9-11-38-85(76,77)78/h4-5,16-19,21,23-27,40,42,53H,6-15,20,22,28-39,41H2,1-3H3,(H5-,62,63,67,68,71,72,73,74,75,76,77,78,79,80,81)/p+1/b45-21+,54-27+/t42-,53?/m0/s1. The van der Waals surface area contributed by atoms with Crippen LogP contribution in [0.5, 0.6) is 5.75 Å². The van der Waals surface area contributed by atoms with Crippen LogP contribution < -0.4 is 20.3 Å². The molecule has 2 atom stereocenters. The molecule has 3 heterocycles. The molecule has 0 spiro atoms. The van der Waals surface area contributed by atoms with E-state index in [2.05, 4.69) is 52.2 Å². The fraction of sp³-hybridized carbons (Fsp3) is 0.508. The third-order valence-electron chi connectivity index (χ3n) is 16.1. The molecule has 21 nitrogen and oxygen atoms in total. The molecule has 1 aliphatic carbocycles. The quantitative estimate of drug-likeness (QED) is 0.0145. The normalized spacial score (nSPS) is 18.3. The van der Waals surface area contributed by atoms with E-state index in [-0.39, 0.29) is 79.5 Å². The van der Waals surface area contributed by atoms with Crippen molar-refractivity contribution in [1.82, 2.24) is 15.5 Å². The van der Waals surface area contributed by atoms with Gasteiger partial charge in [-0.15, -0.1) is 11.8 Å². The number of benzene rings is 3. The number of nitrogens with zero attached hydrogens (tertiary/aromatic N) is 3. The number of carbonyl (C=O) groups excluding carboxylic acids is 4. The van der Waals surface area contributed by atoms with Crippen molar-refractivity contribution in [1.29, 1.82) is 0 Å². The highest BCUT2D eigenvalue weighted by atomic mass is 32.2. The van der Waals surface area contributed by atoms with Gasteiger partial charge < -0.3 is 25.4 Å². The number of allylic oxidation sites excluding steroid dienone is 5. The number of anilines is 1. The largest absolute Gasteiger partial charge is 0.481 e. The molecule has 7 rings (SSSR count). The van der Waals surface area contributed by atoms with Gasteiger partial charge in [0.05, 0.1) is 34.0 Å². The number of ether oxygens (including phenoxy) is 1. The van der Waals surface area contributed by atoms with E-state index in [0.717, 1.165) is 56.4 Å². The Labute approximate surface area is 509 Å². The van der Waals surface area contributed by atoms with Crippen LogP contribution in [0.15, 0.2) is 106 Å². The summed E-state index contributed by atoms with van der Waals surface area (Å²) in [5.74, 6) is -1.70. The van der Waals surface area contributed by atoms with Crippen molar-refractivity contribution in [2.75, 3.05) is 54.9 Å². The number of carboxylic acid groups (broad SMARTS) is 1. The van der Waals surface area contributed by atoms with Crippen molar-refractivity contribution in [2.45, 2.75) is 145 Å². The van der Waals surface area contributed by atoms with E-state index in [4.69, 9.17) is 9.84 Å². The van der Waals surface area contributed by atoms with Crippen LogP contribution in [0.25, 0.3) is 0 Å². The molecule has 3 aromatic carbocycles. The van der Waals surface area contributed by atoms with E-state index in [1.807, 2.05) is 42.5 Å². The number of amides is 4. The number of thioether (sulfide) groups is 1. The van der Waals surface area contributed by atoms with E-state index in [9.17, 15) is 62.9 Å². The number of nitrogens with one attached hydrogen (secondary N) is 2. The number of hydrogen-bond donors (Lipinski definition) is 6. The maximum atomic E-state index is 13.1. The Kier molecular flexibility index (Phi) is 23.6. The number of likely N-dealkylation sites (tertiary alicyclic amines) is 1. The van der Waals surface area contributed by atoms with Gasteiger partial charge in [-0.2, -0.15) is 29.8 Å². The molecule has 0 bridgehead atoms. The number of para-hydroxylation sites is 1. The number of carbonyl (C=O) groups is 5. The SMILES string of the molecule is C[C@@H](CCCCNC(=O)CCSC1CC(=O)N(CCC(=O)NCCc2ccc(OC3=C(CCC4=[N+](CCCCS(=O)(=O)O)c5ccc(S(=O)(=O)O)cc5C4)CCC/C3=C\C=C3\N(CCCCS(=O)(=O)O)c4ccccc4C3(C)C)cc2)C1=O)C(=O)O. The lowest BCUT2D eigenvalue weighted by atomic mass is 9.83. The van der Waals surface area contributed by atoms with Gasteiger partial charge in [0.2, 0.25) is 29.3 Å². The Morgan fingerprint density at radius 1 is 0.791 bits per heavy atom. The lowest BCUT2D eigenvalue weighted by Gasteiger charge is -2.28. The van der Waals surface area contributed by atoms with Crippen LogP contribution in [0, 0.1) is 5.92 Å². The Hall–Kier alpha value is -6.22. The minimum Gasteiger partial charge on any atom is -0.481 e. The molecule has 0 radical (unpaired) electrons. The highest BCUT2D eigenvalue weighted by molar-refractivity contribution is 8.00. The average molecular weight is 1270 g/mol. The van der Waals surface area contributed by atoms with Crippen LogP contribution in [0.3, 0.4) is 0 Å². The summed E-state index contributed by atoms with van der Waals surface area (Å²) < 4.78 is 108. The fourth-order valence-corrected chi connectivity index (χ4v) is 14.2. The summed E-state index contributed by atoms with van der Waals surface area (Å²) in [6.45, 7) is 7.50. The van der Waals surface area contributed by atoms with Gasteiger partial charge in [0.1, 0.15) is 18.1 Å². The Balaban J connectivity index is 1.02. The molecule has 468 valence electrons. The molecule has 1 unspecified atom stereocenters. The monoisotopic (exact) mass is 1270 g/mol. The van der Waals surface area contributed by atoms with Crippen molar-refractivity contribution in [3.8, 4) is 5.75 Å². The van der Waals surface area contributed by atoms with Gasteiger partial charge in [-0.1, -0.05) is 63.6 Å². The van der Waals surface area contributed by atoms with E-state index in [0.29, 0.717) is 113 Å². The first-order valence-corrected chi connectivity index (χ1v) is 35.0. The summed E-state index contributed by atoms with van der Waals surface area (Å²) in [5, 5.41) is 14.1. The first kappa shape index (κ1) is 67.3. The molecule has 3 aliphatic heterocycles. The summed E-state index contributed by atoms with van der Waals surface area (Å²) in [6.07, 6.45) is 11.7. The highest BCUT2D eigenvalue weighted by Gasteiger charge is 2.41. The maximum absolute atomic E-state index is 13.1. The van der Waals surface area contributed by atoms with Gasteiger partial charge in [0, 0.05) is 92.5 Å². The Bertz CT molecular complexity index is 3490. The summed E-state index contributed by atoms with van der Waals surface area (Å²) in [5.41, 5.74) is 7.99. The van der Waals surface area contributed by atoms with Crippen molar-refractivity contribution < 1.29 is 77.3 Å². The number of aliphatic carboxylic acids is 1. The number of imide groups is 1. The summed E-state index contributed by atoms with van der Waals surface area (Å²) >= 11 is 1.23. The van der Waals surface area contributed by atoms with Crippen LogP contribution in [0.4, 0.5) is 11.4 Å². The lowest BCUT2D eigenvalue weighted by Crippen LogP contribution is -2.36. The molecule has 4 aliphatic rings. The summed E-state index contributed by atoms with van der Waals surface area (Å²) in [4.78, 5) is 65.3. The van der Waals surface area contributed by atoms with Crippen LogP contribution in [0.2, 0.25) is 0 Å². The third kappa shape index (κ3) is 19.1. The predicted octanol–water partition coefficient (Wildman–Crippen LogP) is 8.12. The van der Waals surface area contributed by atoms with Gasteiger partial charge in [-0.25, -0.2) is 0 Å². The molecular formula is C61H80N5O16S4+. The lowest BCUT2D eigenvalue weighted by molar-refractivity contribution is -0.439. The van der Waals surface area contributed by atoms with Crippen molar-refractivity contribution in [3.63, 3.8) is 0 Å². The minimum atomic E-state index is -4.49. The summed E-state index contributed by atoms with van der Waals surface area (Å²) in [7, 11) is -12.8. The number of hydrogen-bond acceptors (Lipinski definition) is 14. The zero-order chi connectivity index (χ0) is 62.4. The second-order valence-corrected chi connectivity index (χ2v) is 28.7. The van der Waals surface area contributed by atoms with Gasteiger partial charge in [0.15, 0.2) is 5.71 Å². The number of carboxylic acids is 1. The molecule has 3 aromatic rings. The van der Waals surface area contributed by atoms with Gasteiger partial charge in [0.25, 0.3) is 30.4 Å². The second kappa shape index (κ2) is 30.1. The van der Waals surface area contributed by atoms with Crippen LogP contribution in [-0.4, -0.2) is 144 Å². The molecule has 0 aromatic heterocycles. The van der Waals surface area contributed by atoms with E-state index >= 15 is 0 Å². The molecule has 6 N–H and O–H groups in total. The zero-order valence-electron chi connectivity index (χ0n) is 49.0. The second-order valence-electron chi connectivity index (χ2n) is 22.8. The van der Waals surface area contributed by atoms with Crippen molar-refractivity contribution in [2.24, 2.45) is 5.92 Å². The minimum absolute atomic E-state index is 0.00937. The fourth-order valence-electron chi connectivity index (χ4n) is 11.4. The van der Waals surface area contributed by atoms with Crippen molar-refractivity contribution in [3.05, 3.63) is 118 Å². The van der Waals surface area contributed by atoms with E-state index < -0.39 is 58.7 Å². The molecular weight excluding hydrogens is 1190 g/mol. The van der Waals surface area contributed by atoms with Crippen LogP contribution >= 0.6 is 11.8 Å². The van der Waals surface area contributed by atoms with E-state index in [1.54, 1.807) is 13.0 Å². The number of unbranched alkanes of at least 4 members (excludes halogenated alkanes) is 3. The Morgan fingerprint density at radius 3 is 2.20 bits per heavy atom. The Morgan fingerprint density at radius 2 is 1.49 bits per heavy atom. The van der Waals surface area contributed by atoms with Crippen LogP contribution in [0.1, 0.15) is 134 Å². The zero-order valence-corrected chi connectivity index (χ0v) is 52.3. The summed E-state index contributed by atoms with van der Waals surface area (Å²) in [6, 6.07) is 20.1. The molecule has 4 amide bonds. The maximum Gasteiger partial charge on any atom is 0.306 e. The molecule has 25 heteroatoms. The number of rotatable bonds is 33. The third-order valence-corrected chi connectivity index (χ3v) is 19.7. The molecule has 86 heavy (non-hydrogen) atoms. The van der Waals surface area contributed by atoms with Gasteiger partial charge >= 0.3 is 5.97 Å². The molecule has 1 saturated heterocycles. The number of fused-ring (bicyclic) bond motifs is 2.